The molecule has 0 radical (unpaired) electrons. The van der Waals surface area contributed by atoms with Crippen LogP contribution in [0.3, 0.4) is 0 Å². The van der Waals surface area contributed by atoms with Gasteiger partial charge >= 0.3 is 0 Å². The third-order valence-corrected chi connectivity index (χ3v) is 3.49. The second kappa shape index (κ2) is 6.03. The first-order chi connectivity index (χ1) is 7.60. The molecule has 0 saturated carbocycles. The van der Waals surface area contributed by atoms with Crippen LogP contribution in [0.2, 0.25) is 5.02 Å². The Morgan fingerprint density at radius 2 is 2.31 bits per heavy atom. The molecule has 2 nitrogen and oxygen atoms in total. The maximum absolute atomic E-state index is 11.9. The Bertz CT molecular complexity index is 439. The van der Waals surface area contributed by atoms with Crippen LogP contribution in [-0.2, 0) is 0 Å². The zero-order valence-corrected chi connectivity index (χ0v) is 11.2. The number of Topliss-reactive ketones (excluding diaryl/α,β-unsaturated/α-hetero) is 1. The van der Waals surface area contributed by atoms with Crippen molar-refractivity contribution in [3.8, 4) is 6.07 Å². The molecule has 0 fully saturated rings. The van der Waals surface area contributed by atoms with Crippen LogP contribution in [0, 0.1) is 17.2 Å². The number of hydrogen-bond donors (Lipinski definition) is 0. The largest absolute Gasteiger partial charge is 0.293 e. The first-order valence-corrected chi connectivity index (χ1v) is 6.16. The van der Waals surface area contributed by atoms with Gasteiger partial charge in [-0.15, -0.1) is 0 Å². The summed E-state index contributed by atoms with van der Waals surface area (Å²) in [4.78, 5) is 11.9. The predicted octanol–water partition coefficient (Wildman–Crippen LogP) is 4.23. The van der Waals surface area contributed by atoms with Gasteiger partial charge < -0.3 is 0 Å². The van der Waals surface area contributed by atoms with Crippen molar-refractivity contribution in [3.63, 3.8) is 0 Å². The summed E-state index contributed by atoms with van der Waals surface area (Å²) in [6, 6.07) is 7.02. The van der Waals surface area contributed by atoms with E-state index in [-0.39, 0.29) is 5.78 Å². The summed E-state index contributed by atoms with van der Waals surface area (Å²) in [5.41, 5.74) is 0.494. The molecule has 0 bridgehead atoms. The number of nitriles is 1. The Morgan fingerprint density at radius 3 is 2.81 bits per heavy atom. The monoisotopic (exact) mass is 299 g/mol. The van der Waals surface area contributed by atoms with Gasteiger partial charge in [0.05, 0.1) is 11.1 Å². The van der Waals surface area contributed by atoms with Crippen LogP contribution >= 0.6 is 27.5 Å². The minimum atomic E-state index is -0.567. The highest BCUT2D eigenvalue weighted by molar-refractivity contribution is 9.10. The summed E-state index contributed by atoms with van der Waals surface area (Å²) in [5.74, 6) is -0.721. The Kier molecular flexibility index (Phi) is 4.98. The highest BCUT2D eigenvalue weighted by Crippen LogP contribution is 2.25. The van der Waals surface area contributed by atoms with Gasteiger partial charge in [0.25, 0.3) is 0 Å². The van der Waals surface area contributed by atoms with Crippen molar-refractivity contribution in [1.29, 1.82) is 5.26 Å². The zero-order chi connectivity index (χ0) is 12.1. The van der Waals surface area contributed by atoms with E-state index in [2.05, 4.69) is 15.9 Å². The lowest BCUT2D eigenvalue weighted by molar-refractivity contribution is 0.0943. The number of rotatable bonds is 4. The molecule has 0 N–H and O–H groups in total. The van der Waals surface area contributed by atoms with Crippen molar-refractivity contribution in [2.45, 2.75) is 19.8 Å². The van der Waals surface area contributed by atoms with E-state index < -0.39 is 5.92 Å². The Balaban J connectivity index is 2.96. The maximum atomic E-state index is 11.9. The van der Waals surface area contributed by atoms with E-state index in [0.717, 1.165) is 10.9 Å². The molecule has 0 aliphatic rings. The molecule has 0 aromatic heterocycles. The second-order valence-electron chi connectivity index (χ2n) is 3.46. The Hall–Kier alpha value is -0.850. The molecule has 1 rings (SSSR count). The zero-order valence-electron chi connectivity index (χ0n) is 8.84. The summed E-state index contributed by atoms with van der Waals surface area (Å²) in [6.45, 7) is 1.95. The minimum Gasteiger partial charge on any atom is -0.293 e. The van der Waals surface area contributed by atoms with Crippen LogP contribution in [0.25, 0.3) is 0 Å². The standard InChI is InChI=1S/C12H11BrClNO/c1-2-3-9(7-15)12(16)8-4-5-10(13)11(14)6-8/h4-6,9H,2-3H2,1H3. The highest BCUT2D eigenvalue weighted by atomic mass is 79.9. The molecule has 0 aliphatic carbocycles. The van der Waals surface area contributed by atoms with E-state index >= 15 is 0 Å². The summed E-state index contributed by atoms with van der Waals surface area (Å²) in [5, 5.41) is 9.38. The van der Waals surface area contributed by atoms with Crippen LogP contribution < -0.4 is 0 Å². The summed E-state index contributed by atoms with van der Waals surface area (Å²) >= 11 is 9.16. The lowest BCUT2D eigenvalue weighted by Gasteiger charge is -2.07. The fraction of sp³-hybridized carbons (Fsp3) is 0.333. The average Bonchev–Trinajstić information content (AvgIpc) is 2.28. The third kappa shape index (κ3) is 3.07. The normalized spacial score (nSPS) is 11.9. The summed E-state index contributed by atoms with van der Waals surface area (Å²) in [6.07, 6.45) is 1.40. The number of benzene rings is 1. The van der Waals surface area contributed by atoms with Crippen molar-refractivity contribution < 1.29 is 4.79 Å². The van der Waals surface area contributed by atoms with E-state index in [1.54, 1.807) is 18.2 Å². The number of nitrogens with zero attached hydrogens (tertiary/aromatic N) is 1. The molecule has 16 heavy (non-hydrogen) atoms. The van der Waals surface area contributed by atoms with E-state index in [0.29, 0.717) is 17.0 Å². The topological polar surface area (TPSA) is 40.9 Å². The molecule has 84 valence electrons. The van der Waals surface area contributed by atoms with Gasteiger partial charge in [0.1, 0.15) is 5.92 Å². The van der Waals surface area contributed by atoms with E-state index in [1.165, 1.54) is 0 Å². The highest BCUT2D eigenvalue weighted by Gasteiger charge is 2.19. The molecule has 0 saturated heterocycles. The van der Waals surface area contributed by atoms with Gasteiger partial charge in [-0.3, -0.25) is 4.79 Å². The summed E-state index contributed by atoms with van der Waals surface area (Å²) < 4.78 is 0.745. The Labute approximate surface area is 108 Å². The van der Waals surface area contributed by atoms with Crippen molar-refractivity contribution in [3.05, 3.63) is 33.3 Å². The molecule has 0 aliphatic heterocycles. The first-order valence-electron chi connectivity index (χ1n) is 4.99. The smallest absolute Gasteiger partial charge is 0.180 e. The van der Waals surface area contributed by atoms with Crippen molar-refractivity contribution in [2.24, 2.45) is 5.92 Å². The Morgan fingerprint density at radius 1 is 1.62 bits per heavy atom. The fourth-order valence-electron chi connectivity index (χ4n) is 1.39. The van der Waals surface area contributed by atoms with Crippen LogP contribution in [0.1, 0.15) is 30.1 Å². The maximum Gasteiger partial charge on any atom is 0.180 e. The van der Waals surface area contributed by atoms with E-state index in [4.69, 9.17) is 16.9 Å². The van der Waals surface area contributed by atoms with Crippen LogP contribution in [0.5, 0.6) is 0 Å². The number of halogens is 2. The van der Waals surface area contributed by atoms with Crippen molar-refractivity contribution in [2.75, 3.05) is 0 Å². The molecule has 1 unspecified atom stereocenters. The predicted molar refractivity (Wildman–Crippen MR) is 67.5 cm³/mol. The second-order valence-corrected chi connectivity index (χ2v) is 4.73. The van der Waals surface area contributed by atoms with Crippen LogP contribution in [-0.4, -0.2) is 5.78 Å². The minimum absolute atomic E-state index is 0.154. The van der Waals surface area contributed by atoms with E-state index in [9.17, 15) is 4.79 Å². The molecule has 1 atom stereocenters. The lowest BCUT2D eigenvalue weighted by atomic mass is 9.95. The van der Waals surface area contributed by atoms with Crippen LogP contribution in [0.15, 0.2) is 22.7 Å². The van der Waals surface area contributed by atoms with Crippen molar-refractivity contribution >= 4 is 33.3 Å². The molecule has 4 heteroatoms. The molecule has 0 heterocycles. The molecule has 1 aromatic rings. The van der Waals surface area contributed by atoms with Gasteiger partial charge in [-0.25, -0.2) is 0 Å². The number of hydrogen-bond acceptors (Lipinski definition) is 2. The van der Waals surface area contributed by atoms with Gasteiger partial charge in [-0.2, -0.15) is 5.26 Å². The third-order valence-electron chi connectivity index (χ3n) is 2.25. The van der Waals surface area contributed by atoms with Gasteiger partial charge in [0.2, 0.25) is 0 Å². The molecule has 0 spiro atoms. The fourth-order valence-corrected chi connectivity index (χ4v) is 1.82. The van der Waals surface area contributed by atoms with Gasteiger partial charge in [-0.1, -0.05) is 31.0 Å². The summed E-state index contributed by atoms with van der Waals surface area (Å²) in [7, 11) is 0. The molecular weight excluding hydrogens is 289 g/mol. The molecule has 0 amide bonds. The number of ketones is 1. The van der Waals surface area contributed by atoms with Gasteiger partial charge in [-0.05, 0) is 34.5 Å². The average molecular weight is 301 g/mol. The molecular formula is C12H11BrClNO. The lowest BCUT2D eigenvalue weighted by Crippen LogP contribution is -2.12. The molecule has 1 aromatic carbocycles. The first kappa shape index (κ1) is 13.2. The quantitative estimate of drug-likeness (QED) is 0.781. The van der Waals surface area contributed by atoms with Crippen molar-refractivity contribution in [1.82, 2.24) is 0 Å². The van der Waals surface area contributed by atoms with Gasteiger partial charge in [0.15, 0.2) is 5.78 Å². The number of carbonyl (C=O) groups is 1. The van der Waals surface area contributed by atoms with E-state index in [1.807, 2.05) is 13.0 Å². The SMILES string of the molecule is CCCC(C#N)C(=O)c1ccc(Br)c(Cl)c1. The number of carbonyl (C=O) groups excluding carboxylic acids is 1. The van der Waals surface area contributed by atoms with Crippen LogP contribution in [0.4, 0.5) is 0 Å². The van der Waals surface area contributed by atoms with Gasteiger partial charge in [0, 0.05) is 10.0 Å².